The van der Waals surface area contributed by atoms with Gasteiger partial charge in [-0.15, -0.1) is 0 Å². The highest BCUT2D eigenvalue weighted by atomic mass is 16.1. The van der Waals surface area contributed by atoms with Crippen LogP contribution in [-0.4, -0.2) is 20.7 Å². The van der Waals surface area contributed by atoms with E-state index in [1.54, 1.807) is 36.7 Å². The Labute approximate surface area is 145 Å². The zero-order chi connectivity index (χ0) is 17.6. The zero-order valence-corrected chi connectivity index (χ0v) is 13.7. The molecule has 0 atom stereocenters. The molecule has 0 amide bonds. The van der Waals surface area contributed by atoms with Crippen molar-refractivity contribution < 1.29 is 4.79 Å². The van der Waals surface area contributed by atoms with Gasteiger partial charge in [-0.05, 0) is 42.8 Å². The molecule has 0 spiro atoms. The van der Waals surface area contributed by atoms with Crippen LogP contribution in [0.25, 0.3) is 0 Å². The maximum atomic E-state index is 11.3. The van der Waals surface area contributed by atoms with Gasteiger partial charge in [-0.2, -0.15) is 0 Å². The van der Waals surface area contributed by atoms with Crippen molar-refractivity contribution in [2.75, 3.05) is 16.4 Å². The van der Waals surface area contributed by atoms with Gasteiger partial charge < -0.3 is 16.4 Å². The van der Waals surface area contributed by atoms with Crippen LogP contribution in [0.3, 0.4) is 0 Å². The van der Waals surface area contributed by atoms with Crippen LogP contribution >= 0.6 is 0 Å². The van der Waals surface area contributed by atoms with E-state index in [4.69, 9.17) is 5.73 Å². The second kappa shape index (κ2) is 7.39. The van der Waals surface area contributed by atoms with Crippen LogP contribution in [0, 0.1) is 0 Å². The first-order valence-corrected chi connectivity index (χ1v) is 7.75. The Morgan fingerprint density at radius 2 is 1.88 bits per heavy atom. The third kappa shape index (κ3) is 4.08. The minimum atomic E-state index is 0.0231. The van der Waals surface area contributed by atoms with Gasteiger partial charge in [0.2, 0.25) is 0 Å². The molecule has 0 bridgehead atoms. The summed E-state index contributed by atoms with van der Waals surface area (Å²) in [6.45, 7) is 2.09. The highest BCUT2D eigenvalue weighted by molar-refractivity contribution is 5.94. The molecule has 0 aliphatic rings. The summed E-state index contributed by atoms with van der Waals surface area (Å²) in [5.41, 5.74) is 9.03. The van der Waals surface area contributed by atoms with Gasteiger partial charge in [-0.1, -0.05) is 6.07 Å². The van der Waals surface area contributed by atoms with Crippen LogP contribution in [0.1, 0.15) is 22.8 Å². The molecule has 0 saturated carbocycles. The summed E-state index contributed by atoms with van der Waals surface area (Å²) in [6.07, 6.45) is 4.94. The molecule has 4 N–H and O–H groups in total. The van der Waals surface area contributed by atoms with E-state index in [2.05, 4.69) is 25.6 Å². The molecule has 0 unspecified atom stereocenters. The molecule has 3 rings (SSSR count). The van der Waals surface area contributed by atoms with Crippen LogP contribution in [0.4, 0.5) is 23.0 Å². The number of aromatic nitrogens is 3. The Balaban J connectivity index is 1.73. The summed E-state index contributed by atoms with van der Waals surface area (Å²) in [4.78, 5) is 23.8. The highest BCUT2D eigenvalue weighted by Crippen LogP contribution is 2.26. The number of nitrogen functional groups attached to an aromatic ring is 1. The third-order valence-electron chi connectivity index (χ3n) is 3.62. The van der Waals surface area contributed by atoms with E-state index in [0.717, 1.165) is 11.3 Å². The average molecular weight is 334 g/mol. The van der Waals surface area contributed by atoms with Crippen molar-refractivity contribution in [3.05, 3.63) is 66.2 Å². The molecule has 126 valence electrons. The summed E-state index contributed by atoms with van der Waals surface area (Å²) in [7, 11) is 0. The van der Waals surface area contributed by atoms with Crippen molar-refractivity contribution >= 4 is 28.8 Å². The number of carbonyl (C=O) groups excluding carboxylic acids is 1. The quantitative estimate of drug-likeness (QED) is 0.595. The second-order valence-corrected chi connectivity index (χ2v) is 5.46. The number of pyridine rings is 1. The fourth-order valence-corrected chi connectivity index (χ4v) is 2.25. The van der Waals surface area contributed by atoms with Crippen molar-refractivity contribution in [2.45, 2.75) is 13.5 Å². The number of nitrogens with zero attached hydrogens (tertiary/aromatic N) is 3. The van der Waals surface area contributed by atoms with E-state index in [0.29, 0.717) is 29.4 Å². The van der Waals surface area contributed by atoms with Crippen molar-refractivity contribution in [1.29, 1.82) is 0 Å². The largest absolute Gasteiger partial charge is 0.393 e. The molecular weight excluding hydrogens is 316 g/mol. The molecule has 0 saturated heterocycles. The molecule has 3 aromatic rings. The lowest BCUT2D eigenvalue weighted by molar-refractivity contribution is 0.101. The first-order valence-electron chi connectivity index (χ1n) is 7.75. The van der Waals surface area contributed by atoms with Crippen LogP contribution < -0.4 is 16.4 Å². The number of anilines is 4. The average Bonchev–Trinajstić information content (AvgIpc) is 2.64. The van der Waals surface area contributed by atoms with E-state index >= 15 is 0 Å². The molecule has 0 aliphatic carbocycles. The van der Waals surface area contributed by atoms with Crippen molar-refractivity contribution in [3.63, 3.8) is 0 Å². The van der Waals surface area contributed by atoms with Gasteiger partial charge in [0.1, 0.15) is 12.0 Å². The summed E-state index contributed by atoms with van der Waals surface area (Å²) < 4.78 is 0. The molecular formula is C18H18N6O. The molecule has 0 aliphatic heterocycles. The monoisotopic (exact) mass is 334 g/mol. The van der Waals surface area contributed by atoms with Gasteiger partial charge in [0.25, 0.3) is 0 Å². The number of ketones is 1. The number of Topliss-reactive ketones (excluding diaryl/α,β-unsaturated/α-hetero) is 1. The van der Waals surface area contributed by atoms with Gasteiger partial charge in [-0.3, -0.25) is 9.78 Å². The lowest BCUT2D eigenvalue weighted by Gasteiger charge is -2.12. The smallest absolute Gasteiger partial charge is 0.159 e. The lowest BCUT2D eigenvalue weighted by atomic mass is 10.1. The van der Waals surface area contributed by atoms with E-state index < -0.39 is 0 Å². The fraction of sp³-hybridized carbons (Fsp3) is 0.111. The highest BCUT2D eigenvalue weighted by Gasteiger charge is 2.09. The van der Waals surface area contributed by atoms with Crippen LogP contribution in [-0.2, 0) is 6.54 Å². The van der Waals surface area contributed by atoms with Crippen LogP contribution in [0.15, 0.2) is 55.1 Å². The summed E-state index contributed by atoms with van der Waals surface area (Å²) in [5.74, 6) is 1.07. The minimum Gasteiger partial charge on any atom is -0.393 e. The molecule has 25 heavy (non-hydrogen) atoms. The first kappa shape index (κ1) is 16.4. The molecule has 2 aromatic heterocycles. The Hall–Kier alpha value is -3.48. The topological polar surface area (TPSA) is 106 Å². The van der Waals surface area contributed by atoms with Gasteiger partial charge >= 0.3 is 0 Å². The van der Waals surface area contributed by atoms with Crippen molar-refractivity contribution in [3.8, 4) is 0 Å². The van der Waals surface area contributed by atoms with Crippen LogP contribution in [0.5, 0.6) is 0 Å². The number of rotatable bonds is 6. The predicted molar refractivity (Wildman–Crippen MR) is 97.7 cm³/mol. The van der Waals surface area contributed by atoms with Gasteiger partial charge in [0, 0.05) is 30.2 Å². The lowest BCUT2D eigenvalue weighted by Crippen LogP contribution is -2.08. The Morgan fingerprint density at radius 3 is 2.56 bits per heavy atom. The molecule has 0 fully saturated rings. The maximum absolute atomic E-state index is 11.3. The third-order valence-corrected chi connectivity index (χ3v) is 3.62. The Bertz CT molecular complexity index is 864. The normalized spacial score (nSPS) is 10.3. The van der Waals surface area contributed by atoms with Crippen LogP contribution in [0.2, 0.25) is 0 Å². The standard InChI is InChI=1S/C18H18N6O/c1-12(25)14-4-6-15(7-5-14)24-18-16(19)17(22-11-23-18)21-10-13-3-2-8-20-9-13/h2-9,11H,10,19H2,1H3,(H2,21,22,23,24). The summed E-state index contributed by atoms with van der Waals surface area (Å²) in [6, 6.07) is 11.0. The zero-order valence-electron chi connectivity index (χ0n) is 13.7. The number of hydrogen-bond acceptors (Lipinski definition) is 7. The number of nitrogens with one attached hydrogen (secondary N) is 2. The molecule has 7 heteroatoms. The van der Waals surface area contributed by atoms with Gasteiger partial charge in [0.05, 0.1) is 0 Å². The van der Waals surface area contributed by atoms with E-state index in [1.165, 1.54) is 13.3 Å². The Kier molecular flexibility index (Phi) is 4.84. The summed E-state index contributed by atoms with van der Waals surface area (Å²) in [5, 5.41) is 6.32. The molecule has 7 nitrogen and oxygen atoms in total. The van der Waals surface area contributed by atoms with Gasteiger partial charge in [-0.25, -0.2) is 9.97 Å². The minimum absolute atomic E-state index is 0.0231. The van der Waals surface area contributed by atoms with Gasteiger partial charge in [0.15, 0.2) is 17.4 Å². The molecule has 2 heterocycles. The SMILES string of the molecule is CC(=O)c1ccc(Nc2ncnc(NCc3cccnc3)c2N)cc1. The van der Waals surface area contributed by atoms with Crippen molar-refractivity contribution in [2.24, 2.45) is 0 Å². The number of nitrogens with two attached hydrogens (primary N) is 1. The molecule has 0 radical (unpaired) electrons. The fourth-order valence-electron chi connectivity index (χ4n) is 2.25. The predicted octanol–water partition coefficient (Wildman–Crippen LogP) is 3.01. The first-order chi connectivity index (χ1) is 12.1. The second-order valence-electron chi connectivity index (χ2n) is 5.46. The maximum Gasteiger partial charge on any atom is 0.159 e. The Morgan fingerprint density at radius 1 is 1.12 bits per heavy atom. The number of hydrogen-bond donors (Lipinski definition) is 3. The number of carbonyl (C=O) groups is 1. The number of benzene rings is 1. The summed E-state index contributed by atoms with van der Waals surface area (Å²) >= 11 is 0. The molecule has 1 aromatic carbocycles. The van der Waals surface area contributed by atoms with Crippen molar-refractivity contribution in [1.82, 2.24) is 15.0 Å². The van der Waals surface area contributed by atoms with E-state index in [-0.39, 0.29) is 5.78 Å². The van der Waals surface area contributed by atoms with E-state index in [9.17, 15) is 4.79 Å². The van der Waals surface area contributed by atoms with E-state index in [1.807, 2.05) is 12.1 Å².